The van der Waals surface area contributed by atoms with Gasteiger partial charge >= 0.3 is 0 Å². The molecule has 0 aliphatic heterocycles. The third-order valence-electron chi connectivity index (χ3n) is 2.77. The van der Waals surface area contributed by atoms with Crippen LogP contribution in [0.4, 0.5) is 18.9 Å². The van der Waals surface area contributed by atoms with Crippen molar-refractivity contribution in [2.45, 2.75) is 17.6 Å². The largest absolute Gasteiger partial charge is 0.321 e. The number of nitrogens with one attached hydrogen (secondary N) is 1. The number of rotatable bonds is 4. The Labute approximate surface area is 124 Å². The maximum absolute atomic E-state index is 13.2. The van der Waals surface area contributed by atoms with Crippen LogP contribution in [0.1, 0.15) is 15.9 Å². The van der Waals surface area contributed by atoms with Crippen molar-refractivity contribution in [3.8, 4) is 0 Å². The molecule has 0 unspecified atom stereocenters. The molecular weight excluding hydrogens is 299 g/mol. The Morgan fingerprint density at radius 1 is 1.19 bits per heavy atom. The van der Waals surface area contributed by atoms with E-state index in [1.165, 1.54) is 24.3 Å². The summed E-state index contributed by atoms with van der Waals surface area (Å²) >= 11 is 0.360. The number of carbonyl (C=O) groups excluding carboxylic acids is 1. The average molecular weight is 311 g/mol. The number of benzene rings is 2. The zero-order valence-corrected chi connectivity index (χ0v) is 11.9. The van der Waals surface area contributed by atoms with E-state index in [9.17, 15) is 18.0 Å². The van der Waals surface area contributed by atoms with Crippen molar-refractivity contribution in [3.63, 3.8) is 0 Å². The summed E-state index contributed by atoms with van der Waals surface area (Å²) in [4.78, 5) is 12.4. The number of alkyl halides is 2. The van der Waals surface area contributed by atoms with Gasteiger partial charge in [0.1, 0.15) is 5.82 Å². The summed E-state index contributed by atoms with van der Waals surface area (Å²) in [6, 6.07) is 10.3. The number of para-hydroxylation sites is 1. The molecule has 0 fully saturated rings. The van der Waals surface area contributed by atoms with Crippen molar-refractivity contribution >= 4 is 23.4 Å². The van der Waals surface area contributed by atoms with E-state index < -0.39 is 17.5 Å². The van der Waals surface area contributed by atoms with E-state index in [1.54, 1.807) is 25.1 Å². The van der Waals surface area contributed by atoms with Gasteiger partial charge in [0.15, 0.2) is 0 Å². The Balaban J connectivity index is 2.21. The van der Waals surface area contributed by atoms with Gasteiger partial charge in [-0.05, 0) is 42.8 Å². The number of aryl methyl sites for hydroxylation is 1. The summed E-state index contributed by atoms with van der Waals surface area (Å²) in [5.74, 6) is -3.45. The van der Waals surface area contributed by atoms with Crippen molar-refractivity contribution in [3.05, 3.63) is 59.4 Å². The summed E-state index contributed by atoms with van der Waals surface area (Å²) in [6.07, 6.45) is 0. The van der Waals surface area contributed by atoms with Gasteiger partial charge in [0.2, 0.25) is 0 Å². The first-order valence-electron chi connectivity index (χ1n) is 6.08. The van der Waals surface area contributed by atoms with Gasteiger partial charge in [-0.2, -0.15) is 8.78 Å². The van der Waals surface area contributed by atoms with Crippen molar-refractivity contribution in [2.75, 3.05) is 5.32 Å². The number of hydrogen-bond acceptors (Lipinski definition) is 2. The topological polar surface area (TPSA) is 29.1 Å². The highest BCUT2D eigenvalue weighted by atomic mass is 32.2. The van der Waals surface area contributed by atoms with Crippen LogP contribution in [-0.4, -0.2) is 11.7 Å². The lowest BCUT2D eigenvalue weighted by atomic mass is 10.1. The fraction of sp³-hybridized carbons (Fsp3) is 0.133. The van der Waals surface area contributed by atoms with Crippen LogP contribution < -0.4 is 5.32 Å². The van der Waals surface area contributed by atoms with Gasteiger partial charge in [-0.25, -0.2) is 4.39 Å². The highest BCUT2D eigenvalue weighted by Crippen LogP contribution is 2.31. The van der Waals surface area contributed by atoms with Crippen LogP contribution in [0.3, 0.4) is 0 Å². The zero-order valence-electron chi connectivity index (χ0n) is 11.1. The number of amides is 1. The monoisotopic (exact) mass is 311 g/mol. The lowest BCUT2D eigenvalue weighted by molar-refractivity contribution is 0.102. The van der Waals surface area contributed by atoms with E-state index in [1.807, 2.05) is 0 Å². The van der Waals surface area contributed by atoms with Crippen LogP contribution in [0.25, 0.3) is 0 Å². The van der Waals surface area contributed by atoms with E-state index >= 15 is 0 Å². The summed E-state index contributed by atoms with van der Waals surface area (Å²) in [6.45, 7) is 1.55. The standard InChI is InChI=1S/C15H12F3NOS/c1-9-8-10(6-7-11(9)16)14(20)19-12-4-2-3-5-13(12)21-15(17)18/h2-8,15H,1H3,(H,19,20). The van der Waals surface area contributed by atoms with Crippen molar-refractivity contribution < 1.29 is 18.0 Å². The van der Waals surface area contributed by atoms with Crippen molar-refractivity contribution in [2.24, 2.45) is 0 Å². The van der Waals surface area contributed by atoms with Crippen LogP contribution in [0.5, 0.6) is 0 Å². The lowest BCUT2D eigenvalue weighted by Gasteiger charge is -2.10. The highest BCUT2D eigenvalue weighted by Gasteiger charge is 2.13. The summed E-state index contributed by atoms with van der Waals surface area (Å²) in [5, 5.41) is 2.56. The van der Waals surface area contributed by atoms with Crippen LogP contribution >= 0.6 is 11.8 Å². The second-order valence-corrected chi connectivity index (χ2v) is 5.32. The molecule has 2 aromatic carbocycles. The first kappa shape index (κ1) is 15.4. The molecular formula is C15H12F3NOS. The van der Waals surface area contributed by atoms with Gasteiger partial charge < -0.3 is 5.32 Å². The minimum atomic E-state index is -2.57. The molecule has 0 spiro atoms. The molecule has 21 heavy (non-hydrogen) atoms. The molecule has 2 nitrogen and oxygen atoms in total. The van der Waals surface area contributed by atoms with E-state index in [4.69, 9.17) is 0 Å². The third-order valence-corrected chi connectivity index (χ3v) is 3.56. The van der Waals surface area contributed by atoms with Crippen molar-refractivity contribution in [1.82, 2.24) is 0 Å². The maximum Gasteiger partial charge on any atom is 0.288 e. The molecule has 0 aromatic heterocycles. The average Bonchev–Trinajstić information content (AvgIpc) is 2.43. The fourth-order valence-corrected chi connectivity index (χ4v) is 2.34. The lowest BCUT2D eigenvalue weighted by Crippen LogP contribution is -2.13. The molecule has 2 aromatic rings. The molecule has 0 saturated carbocycles. The van der Waals surface area contributed by atoms with Gasteiger partial charge in [0.05, 0.1) is 5.69 Å². The van der Waals surface area contributed by atoms with Crippen LogP contribution in [0.2, 0.25) is 0 Å². The minimum absolute atomic E-state index is 0.269. The first-order valence-corrected chi connectivity index (χ1v) is 6.96. The van der Waals surface area contributed by atoms with Crippen molar-refractivity contribution in [1.29, 1.82) is 0 Å². The number of carbonyl (C=O) groups is 1. The smallest absolute Gasteiger partial charge is 0.288 e. The SMILES string of the molecule is Cc1cc(C(=O)Nc2ccccc2SC(F)F)ccc1F. The van der Waals surface area contributed by atoms with E-state index in [0.717, 1.165) is 0 Å². The predicted octanol–water partition coefficient (Wildman–Crippen LogP) is 4.70. The summed E-state index contributed by atoms with van der Waals surface area (Å²) < 4.78 is 38.1. The molecule has 1 amide bonds. The Hall–Kier alpha value is -1.95. The van der Waals surface area contributed by atoms with Gasteiger partial charge in [0, 0.05) is 10.5 Å². The Morgan fingerprint density at radius 2 is 1.90 bits per heavy atom. The molecule has 0 atom stereocenters. The Kier molecular flexibility index (Phi) is 4.90. The van der Waals surface area contributed by atoms with E-state index in [0.29, 0.717) is 23.0 Å². The molecule has 6 heteroatoms. The number of hydrogen-bond donors (Lipinski definition) is 1. The molecule has 0 saturated heterocycles. The van der Waals surface area contributed by atoms with Crippen LogP contribution in [0, 0.1) is 12.7 Å². The second kappa shape index (κ2) is 6.67. The predicted molar refractivity (Wildman–Crippen MR) is 77.4 cm³/mol. The summed E-state index contributed by atoms with van der Waals surface area (Å²) in [5.41, 5.74) is 0.915. The number of thioether (sulfide) groups is 1. The highest BCUT2D eigenvalue weighted by molar-refractivity contribution is 7.99. The quantitative estimate of drug-likeness (QED) is 0.829. The maximum atomic E-state index is 13.2. The fourth-order valence-electron chi connectivity index (χ4n) is 1.75. The second-order valence-electron chi connectivity index (χ2n) is 4.29. The van der Waals surface area contributed by atoms with E-state index in [2.05, 4.69) is 5.32 Å². The summed E-state index contributed by atoms with van der Waals surface area (Å²) in [7, 11) is 0. The Bertz CT molecular complexity index is 661. The van der Waals surface area contributed by atoms with Gasteiger partial charge in [-0.15, -0.1) is 0 Å². The molecule has 110 valence electrons. The zero-order chi connectivity index (χ0) is 15.4. The minimum Gasteiger partial charge on any atom is -0.321 e. The third kappa shape index (κ3) is 4.01. The molecule has 0 bridgehead atoms. The molecule has 1 N–H and O–H groups in total. The molecule has 0 aliphatic carbocycles. The number of halogens is 3. The molecule has 2 rings (SSSR count). The van der Waals surface area contributed by atoms with E-state index in [-0.39, 0.29) is 10.5 Å². The number of anilines is 1. The molecule has 0 radical (unpaired) electrons. The van der Waals surface area contributed by atoms with Gasteiger partial charge in [-0.3, -0.25) is 4.79 Å². The molecule has 0 heterocycles. The normalized spacial score (nSPS) is 10.7. The van der Waals surface area contributed by atoms with Gasteiger partial charge in [-0.1, -0.05) is 23.9 Å². The Morgan fingerprint density at radius 3 is 2.57 bits per heavy atom. The molecule has 0 aliphatic rings. The van der Waals surface area contributed by atoms with Crippen LogP contribution in [0.15, 0.2) is 47.4 Å². The first-order chi connectivity index (χ1) is 9.97. The van der Waals surface area contributed by atoms with Gasteiger partial charge in [0.25, 0.3) is 11.7 Å². The van der Waals surface area contributed by atoms with Crippen LogP contribution in [-0.2, 0) is 0 Å².